The van der Waals surface area contributed by atoms with E-state index in [1.807, 2.05) is 41.3 Å². The molecule has 2 unspecified atom stereocenters. The summed E-state index contributed by atoms with van der Waals surface area (Å²) < 4.78 is 17.2. The third kappa shape index (κ3) is 6.22. The third-order valence-corrected chi connectivity index (χ3v) is 9.26. The fourth-order valence-electron chi connectivity index (χ4n) is 6.93. The Morgan fingerprint density at radius 1 is 0.979 bits per heavy atom. The molecule has 0 bridgehead atoms. The molecule has 4 aromatic rings. The van der Waals surface area contributed by atoms with Gasteiger partial charge < -0.3 is 34.7 Å². The van der Waals surface area contributed by atoms with E-state index in [0.717, 1.165) is 46.4 Å². The van der Waals surface area contributed by atoms with E-state index in [1.54, 1.807) is 40.4 Å². The molecule has 2 amide bonds. The van der Waals surface area contributed by atoms with Crippen molar-refractivity contribution in [1.29, 1.82) is 0 Å². The van der Waals surface area contributed by atoms with E-state index in [-0.39, 0.29) is 23.2 Å². The van der Waals surface area contributed by atoms with Crippen LogP contribution in [0.5, 0.6) is 17.2 Å². The fraction of sp³-hybridized carbons (Fsp3) is 0.389. The maximum absolute atomic E-state index is 13.7. The number of carbonyl (C=O) groups is 2. The number of hydrogen-bond acceptors (Lipinski definition) is 8. The number of nitrogens with one attached hydrogen (secondary N) is 3. The largest absolute Gasteiger partial charge is 0.493 e. The molecule has 47 heavy (non-hydrogen) atoms. The van der Waals surface area contributed by atoms with Gasteiger partial charge in [0.05, 0.1) is 44.1 Å². The van der Waals surface area contributed by atoms with Crippen LogP contribution in [0.2, 0.25) is 0 Å². The predicted molar refractivity (Wildman–Crippen MR) is 180 cm³/mol. The maximum Gasteiger partial charge on any atom is 0.244 e. The second-order valence-corrected chi connectivity index (χ2v) is 12.2. The molecule has 246 valence electrons. The molecule has 0 radical (unpaired) electrons. The summed E-state index contributed by atoms with van der Waals surface area (Å²) in [6.45, 7) is 4.45. The zero-order valence-electron chi connectivity index (χ0n) is 27.4. The number of para-hydroxylation sites is 2. The Kier molecular flexibility index (Phi) is 9.06. The number of nitrogens with zero attached hydrogens (tertiary/aromatic N) is 2. The van der Waals surface area contributed by atoms with Crippen molar-refractivity contribution < 1.29 is 23.8 Å². The first-order valence-corrected chi connectivity index (χ1v) is 16.0. The van der Waals surface area contributed by atoms with Gasteiger partial charge in [-0.15, -0.1) is 0 Å². The molecular weight excluding hydrogens is 598 g/mol. The second kappa shape index (κ2) is 13.4. The summed E-state index contributed by atoms with van der Waals surface area (Å²) in [7, 11) is 4.68. The number of aromatic nitrogens is 2. The highest BCUT2D eigenvalue weighted by atomic mass is 16.5. The van der Waals surface area contributed by atoms with Crippen LogP contribution in [0.25, 0.3) is 22.2 Å². The lowest BCUT2D eigenvalue weighted by Crippen LogP contribution is -2.45. The van der Waals surface area contributed by atoms with Gasteiger partial charge in [-0.2, -0.15) is 0 Å². The zero-order valence-corrected chi connectivity index (χ0v) is 27.4. The van der Waals surface area contributed by atoms with Gasteiger partial charge in [-0.25, -0.2) is 4.98 Å². The Balaban J connectivity index is 1.27. The number of methoxy groups -OCH3 is 3. The molecule has 2 heterocycles. The molecule has 2 aliphatic rings. The van der Waals surface area contributed by atoms with Crippen molar-refractivity contribution in [2.45, 2.75) is 57.5 Å². The summed E-state index contributed by atoms with van der Waals surface area (Å²) in [5, 5.41) is 6.21. The first-order valence-electron chi connectivity index (χ1n) is 16.0. The van der Waals surface area contributed by atoms with E-state index < -0.39 is 12.1 Å². The Morgan fingerprint density at radius 3 is 2.40 bits per heavy atom. The number of fused-ring (bicyclic) bond motifs is 4. The lowest BCUT2D eigenvalue weighted by molar-refractivity contribution is -0.132. The van der Waals surface area contributed by atoms with Crippen LogP contribution in [-0.4, -0.2) is 67.1 Å². The molecule has 3 aromatic carbocycles. The number of hydrogen-bond donors (Lipinski definition) is 3. The van der Waals surface area contributed by atoms with Gasteiger partial charge in [-0.1, -0.05) is 18.2 Å². The number of anilines is 1. The van der Waals surface area contributed by atoms with Gasteiger partial charge in [0, 0.05) is 31.5 Å². The highest BCUT2D eigenvalue weighted by Crippen LogP contribution is 2.50. The summed E-state index contributed by atoms with van der Waals surface area (Å²) in [5.41, 5.74) is 5.07. The molecule has 2 atom stereocenters. The van der Waals surface area contributed by atoms with Crippen molar-refractivity contribution in [2.24, 2.45) is 0 Å². The normalized spacial score (nSPS) is 16.8. The van der Waals surface area contributed by atoms with Crippen LogP contribution in [0, 0.1) is 0 Å². The topological polar surface area (TPSA) is 135 Å². The minimum absolute atomic E-state index is 0.0690. The molecule has 1 aliphatic heterocycles. The molecular formula is C36H41N5O6. The first-order chi connectivity index (χ1) is 22.7. The van der Waals surface area contributed by atoms with Crippen LogP contribution < -0.4 is 30.3 Å². The van der Waals surface area contributed by atoms with Gasteiger partial charge >= 0.3 is 0 Å². The monoisotopic (exact) mass is 639 g/mol. The molecule has 1 aromatic heterocycles. The van der Waals surface area contributed by atoms with Crippen LogP contribution in [-0.2, 0) is 16.0 Å². The molecule has 0 spiro atoms. The van der Waals surface area contributed by atoms with E-state index in [4.69, 9.17) is 19.2 Å². The molecule has 3 N–H and O–H groups in total. The molecule has 6 rings (SSSR count). The van der Waals surface area contributed by atoms with Crippen LogP contribution >= 0.6 is 0 Å². The number of aromatic amines is 1. The average Bonchev–Trinajstić information content (AvgIpc) is 3.39. The Labute approximate surface area is 273 Å². The SMILES string of the molecule is COc1cc2c(c(OC)c1OC)-c1ccc(NC(C)C(=O)N3CCC(c4nc5ccccc5[nH]4)CC3)c(=O)cc1C(NC(C)=O)CC2. The van der Waals surface area contributed by atoms with Gasteiger partial charge in [0.25, 0.3) is 0 Å². The molecule has 1 aliphatic carbocycles. The number of amides is 2. The second-order valence-electron chi connectivity index (χ2n) is 12.2. The number of benzene rings is 2. The number of ether oxygens (including phenoxy) is 3. The third-order valence-electron chi connectivity index (χ3n) is 9.26. The minimum atomic E-state index is -0.634. The summed E-state index contributed by atoms with van der Waals surface area (Å²) in [6, 6.07) is 14.0. The van der Waals surface area contributed by atoms with Crippen molar-refractivity contribution in [3.8, 4) is 28.4 Å². The minimum Gasteiger partial charge on any atom is -0.493 e. The van der Waals surface area contributed by atoms with E-state index in [1.165, 1.54) is 6.92 Å². The van der Waals surface area contributed by atoms with Gasteiger partial charge in [0.15, 0.2) is 11.5 Å². The van der Waals surface area contributed by atoms with Crippen LogP contribution in [0.15, 0.2) is 53.3 Å². The molecule has 0 saturated carbocycles. The molecule has 11 heteroatoms. The lowest BCUT2D eigenvalue weighted by Gasteiger charge is -2.33. The van der Waals surface area contributed by atoms with Gasteiger partial charge in [0.2, 0.25) is 23.0 Å². The number of H-pyrrole nitrogens is 1. The van der Waals surface area contributed by atoms with E-state index in [2.05, 4.69) is 15.6 Å². The Bertz CT molecular complexity index is 1850. The molecule has 11 nitrogen and oxygen atoms in total. The van der Waals surface area contributed by atoms with Gasteiger partial charge in [-0.3, -0.25) is 14.4 Å². The molecule has 1 saturated heterocycles. The van der Waals surface area contributed by atoms with Crippen molar-refractivity contribution in [3.05, 3.63) is 75.7 Å². The van der Waals surface area contributed by atoms with Crippen molar-refractivity contribution in [1.82, 2.24) is 20.2 Å². The highest BCUT2D eigenvalue weighted by Gasteiger charge is 2.31. The summed E-state index contributed by atoms with van der Waals surface area (Å²) in [6.07, 6.45) is 2.77. The number of aryl methyl sites for hydroxylation is 1. The average molecular weight is 640 g/mol. The van der Waals surface area contributed by atoms with E-state index in [0.29, 0.717) is 54.4 Å². The highest BCUT2D eigenvalue weighted by molar-refractivity contribution is 5.86. The van der Waals surface area contributed by atoms with Gasteiger partial charge in [-0.05, 0) is 79.6 Å². The summed E-state index contributed by atoms with van der Waals surface area (Å²) in [4.78, 5) is 49.6. The smallest absolute Gasteiger partial charge is 0.244 e. The van der Waals surface area contributed by atoms with Crippen LogP contribution in [0.4, 0.5) is 5.69 Å². The number of carbonyl (C=O) groups excluding carboxylic acids is 2. The lowest BCUT2D eigenvalue weighted by atomic mass is 9.95. The quantitative estimate of drug-likeness (QED) is 0.247. The van der Waals surface area contributed by atoms with Crippen molar-refractivity contribution in [3.63, 3.8) is 0 Å². The first kappa shape index (κ1) is 31.9. The fourth-order valence-corrected chi connectivity index (χ4v) is 6.93. The Morgan fingerprint density at radius 2 is 1.72 bits per heavy atom. The summed E-state index contributed by atoms with van der Waals surface area (Å²) in [5.74, 6) is 2.40. The van der Waals surface area contributed by atoms with Crippen molar-refractivity contribution >= 4 is 28.5 Å². The maximum atomic E-state index is 13.7. The number of likely N-dealkylation sites (tertiary alicyclic amines) is 1. The summed E-state index contributed by atoms with van der Waals surface area (Å²) >= 11 is 0. The van der Waals surface area contributed by atoms with E-state index in [9.17, 15) is 14.4 Å². The van der Waals surface area contributed by atoms with Crippen LogP contribution in [0.3, 0.4) is 0 Å². The Hall–Kier alpha value is -5.06. The number of rotatable bonds is 8. The van der Waals surface area contributed by atoms with Gasteiger partial charge in [0.1, 0.15) is 11.9 Å². The van der Waals surface area contributed by atoms with Crippen molar-refractivity contribution in [2.75, 3.05) is 39.7 Å². The number of piperidine rings is 1. The van der Waals surface area contributed by atoms with Crippen LogP contribution in [0.1, 0.15) is 62.0 Å². The number of imidazole rings is 1. The predicted octanol–water partition coefficient (Wildman–Crippen LogP) is 4.95. The standard InChI is InChI=1S/C36H41N5O6/c1-20(36(44)41-16-14-22(15-17-41)35-39-27-8-6-7-9-28(27)40-35)37-29-13-11-24-25(19-30(29)43)26(38-21(2)42)12-10-23-18-31(45-3)33(46-4)34(47-5)32(23)24/h6-9,11,13,18-20,22,26H,10,12,14-17H2,1-5H3,(H,37,43)(H,38,42)(H,39,40). The zero-order chi connectivity index (χ0) is 33.2. The molecule has 1 fully saturated rings. The van der Waals surface area contributed by atoms with E-state index >= 15 is 0 Å².